The number of nitrogens with zero attached hydrogens (tertiary/aromatic N) is 4. The van der Waals surface area contributed by atoms with Crippen molar-refractivity contribution in [2.75, 3.05) is 23.8 Å². The number of ether oxygens (including phenoxy) is 1. The lowest BCUT2D eigenvalue weighted by Gasteiger charge is -2.23. The van der Waals surface area contributed by atoms with Gasteiger partial charge in [-0.25, -0.2) is 9.97 Å². The number of benzene rings is 1. The maximum atomic E-state index is 5.52. The molecule has 1 aliphatic heterocycles. The summed E-state index contributed by atoms with van der Waals surface area (Å²) in [5.74, 6) is 2.39. The van der Waals surface area contributed by atoms with Gasteiger partial charge in [-0.3, -0.25) is 0 Å². The number of hydrogen-bond acceptors (Lipinski definition) is 6. The molecule has 1 aliphatic rings. The van der Waals surface area contributed by atoms with Crippen molar-refractivity contribution in [2.45, 2.75) is 38.4 Å². The molecule has 0 radical (unpaired) electrons. The van der Waals surface area contributed by atoms with Crippen LogP contribution in [0.5, 0.6) is 0 Å². The predicted octanol–water partition coefficient (Wildman–Crippen LogP) is 3.12. The van der Waals surface area contributed by atoms with Crippen LogP contribution in [0.4, 0.5) is 11.8 Å². The summed E-state index contributed by atoms with van der Waals surface area (Å²) in [5, 5.41) is 6.71. The molecule has 4 rings (SSSR count). The fraction of sp³-hybridized carbons (Fsp3) is 0.381. The number of hydrogen-bond donors (Lipinski definition) is 2. The SMILES string of the molecule is c1ccc(CCn2ccnc2CNc2nccc(NC3CCCOC3)n2)cc1. The van der Waals surface area contributed by atoms with Crippen LogP contribution in [0, 0.1) is 0 Å². The van der Waals surface area contributed by atoms with Crippen LogP contribution in [0.3, 0.4) is 0 Å². The molecule has 7 heteroatoms. The Kier molecular flexibility index (Phi) is 6.14. The Labute approximate surface area is 165 Å². The minimum Gasteiger partial charge on any atom is -0.379 e. The van der Waals surface area contributed by atoms with Gasteiger partial charge in [-0.05, 0) is 30.9 Å². The number of imidazole rings is 1. The third-order valence-corrected chi connectivity index (χ3v) is 4.86. The summed E-state index contributed by atoms with van der Waals surface area (Å²) in [6, 6.07) is 12.7. The summed E-state index contributed by atoms with van der Waals surface area (Å²) >= 11 is 0. The molecule has 0 bridgehead atoms. The van der Waals surface area contributed by atoms with Gasteiger partial charge in [-0.1, -0.05) is 30.3 Å². The van der Waals surface area contributed by atoms with E-state index in [0.29, 0.717) is 18.5 Å². The zero-order valence-electron chi connectivity index (χ0n) is 15.9. The molecule has 1 saturated heterocycles. The van der Waals surface area contributed by atoms with Gasteiger partial charge >= 0.3 is 0 Å². The topological polar surface area (TPSA) is 76.9 Å². The van der Waals surface area contributed by atoms with E-state index in [1.807, 2.05) is 24.5 Å². The van der Waals surface area contributed by atoms with Gasteiger partial charge in [0, 0.05) is 31.7 Å². The lowest BCUT2D eigenvalue weighted by atomic mass is 10.1. The van der Waals surface area contributed by atoms with Gasteiger partial charge in [0.25, 0.3) is 0 Å². The molecule has 3 aromatic rings. The Balaban J connectivity index is 1.32. The normalized spacial score (nSPS) is 16.6. The van der Waals surface area contributed by atoms with Crippen LogP contribution < -0.4 is 10.6 Å². The highest BCUT2D eigenvalue weighted by Gasteiger charge is 2.14. The first kappa shape index (κ1) is 18.4. The Hall–Kier alpha value is -2.93. The number of aromatic nitrogens is 4. The van der Waals surface area contributed by atoms with Crippen LogP contribution in [0.25, 0.3) is 0 Å². The molecule has 1 aromatic carbocycles. The van der Waals surface area contributed by atoms with Gasteiger partial charge in [0.15, 0.2) is 0 Å². The Bertz CT molecular complexity index is 860. The third-order valence-electron chi connectivity index (χ3n) is 4.86. The Morgan fingerprint density at radius 1 is 1.11 bits per heavy atom. The van der Waals surface area contributed by atoms with E-state index in [1.165, 1.54) is 5.56 Å². The molecule has 2 aromatic heterocycles. The molecular weight excluding hydrogens is 352 g/mol. The summed E-state index contributed by atoms with van der Waals surface area (Å²) in [4.78, 5) is 13.4. The number of aryl methyl sites for hydroxylation is 2. The molecule has 0 amide bonds. The van der Waals surface area contributed by atoms with E-state index in [-0.39, 0.29) is 0 Å². The van der Waals surface area contributed by atoms with E-state index in [1.54, 1.807) is 6.20 Å². The molecular formula is C21H26N6O. The minimum absolute atomic E-state index is 0.313. The van der Waals surface area contributed by atoms with Crippen LogP contribution >= 0.6 is 0 Å². The van der Waals surface area contributed by atoms with Crippen molar-refractivity contribution in [3.8, 4) is 0 Å². The Morgan fingerprint density at radius 3 is 2.89 bits per heavy atom. The minimum atomic E-state index is 0.313. The summed E-state index contributed by atoms with van der Waals surface area (Å²) < 4.78 is 7.68. The first-order valence-corrected chi connectivity index (χ1v) is 9.82. The van der Waals surface area contributed by atoms with Gasteiger partial charge in [0.05, 0.1) is 19.2 Å². The molecule has 0 saturated carbocycles. The molecule has 146 valence electrons. The van der Waals surface area contributed by atoms with Crippen molar-refractivity contribution >= 4 is 11.8 Å². The average molecular weight is 378 g/mol. The van der Waals surface area contributed by atoms with E-state index in [2.05, 4.69) is 54.4 Å². The zero-order chi connectivity index (χ0) is 19.0. The molecule has 3 heterocycles. The summed E-state index contributed by atoms with van der Waals surface area (Å²) in [6.07, 6.45) is 8.78. The van der Waals surface area contributed by atoms with Gasteiger partial charge in [-0.2, -0.15) is 4.98 Å². The zero-order valence-corrected chi connectivity index (χ0v) is 15.9. The summed E-state index contributed by atoms with van der Waals surface area (Å²) in [7, 11) is 0. The largest absolute Gasteiger partial charge is 0.379 e. The maximum Gasteiger partial charge on any atom is 0.224 e. The molecule has 1 atom stereocenters. The maximum absolute atomic E-state index is 5.52. The lowest BCUT2D eigenvalue weighted by molar-refractivity contribution is 0.0875. The second-order valence-corrected chi connectivity index (χ2v) is 6.95. The van der Waals surface area contributed by atoms with Crippen molar-refractivity contribution in [2.24, 2.45) is 0 Å². The first-order chi connectivity index (χ1) is 13.9. The standard InChI is InChI=1S/C21H26N6O/c1-2-5-17(6-3-1)9-12-27-13-11-22-20(27)15-24-21-23-10-8-19(26-21)25-18-7-4-14-28-16-18/h1-3,5-6,8,10-11,13,18H,4,7,9,12,14-16H2,(H2,23,24,25,26). The second kappa shape index (κ2) is 9.32. The van der Waals surface area contributed by atoms with Crippen LogP contribution in [-0.2, 0) is 24.2 Å². The second-order valence-electron chi connectivity index (χ2n) is 6.95. The van der Waals surface area contributed by atoms with Crippen LogP contribution in [0.2, 0.25) is 0 Å². The van der Waals surface area contributed by atoms with Crippen molar-refractivity contribution in [1.29, 1.82) is 0 Å². The van der Waals surface area contributed by atoms with E-state index < -0.39 is 0 Å². The molecule has 2 N–H and O–H groups in total. The number of anilines is 2. The van der Waals surface area contributed by atoms with Gasteiger partial charge in [0.1, 0.15) is 11.6 Å². The Morgan fingerprint density at radius 2 is 2.04 bits per heavy atom. The number of rotatable bonds is 8. The fourth-order valence-corrected chi connectivity index (χ4v) is 3.35. The summed E-state index contributed by atoms with van der Waals surface area (Å²) in [5.41, 5.74) is 1.32. The van der Waals surface area contributed by atoms with E-state index in [4.69, 9.17) is 4.74 Å². The van der Waals surface area contributed by atoms with E-state index >= 15 is 0 Å². The molecule has 1 unspecified atom stereocenters. The van der Waals surface area contributed by atoms with Gasteiger partial charge in [-0.15, -0.1) is 0 Å². The third kappa shape index (κ3) is 5.07. The molecule has 1 fully saturated rings. The smallest absolute Gasteiger partial charge is 0.224 e. The molecule has 7 nitrogen and oxygen atoms in total. The van der Waals surface area contributed by atoms with Crippen LogP contribution in [-0.4, -0.2) is 38.8 Å². The quantitative estimate of drug-likeness (QED) is 0.627. The highest BCUT2D eigenvalue weighted by molar-refractivity contribution is 5.40. The van der Waals surface area contributed by atoms with Crippen molar-refractivity contribution in [1.82, 2.24) is 19.5 Å². The summed E-state index contributed by atoms with van der Waals surface area (Å²) in [6.45, 7) is 3.06. The fourth-order valence-electron chi connectivity index (χ4n) is 3.35. The van der Waals surface area contributed by atoms with E-state index in [9.17, 15) is 0 Å². The van der Waals surface area contributed by atoms with Gasteiger partial charge < -0.3 is 19.9 Å². The van der Waals surface area contributed by atoms with E-state index in [0.717, 1.165) is 50.7 Å². The molecule has 28 heavy (non-hydrogen) atoms. The lowest BCUT2D eigenvalue weighted by Crippen LogP contribution is -2.30. The first-order valence-electron chi connectivity index (χ1n) is 9.82. The molecule has 0 spiro atoms. The monoisotopic (exact) mass is 378 g/mol. The van der Waals surface area contributed by atoms with Crippen molar-refractivity contribution in [3.05, 3.63) is 66.4 Å². The van der Waals surface area contributed by atoms with Gasteiger partial charge in [0.2, 0.25) is 5.95 Å². The highest BCUT2D eigenvalue weighted by atomic mass is 16.5. The van der Waals surface area contributed by atoms with Crippen molar-refractivity contribution in [3.63, 3.8) is 0 Å². The number of nitrogens with one attached hydrogen (secondary N) is 2. The van der Waals surface area contributed by atoms with Crippen molar-refractivity contribution < 1.29 is 4.74 Å². The molecule has 0 aliphatic carbocycles. The highest BCUT2D eigenvalue weighted by Crippen LogP contribution is 2.14. The predicted molar refractivity (Wildman–Crippen MR) is 109 cm³/mol. The van der Waals surface area contributed by atoms with Crippen LogP contribution in [0.15, 0.2) is 55.0 Å². The average Bonchev–Trinajstić information content (AvgIpc) is 3.20. The van der Waals surface area contributed by atoms with Crippen LogP contribution in [0.1, 0.15) is 24.2 Å².